The van der Waals surface area contributed by atoms with E-state index in [1.165, 1.54) is 12.3 Å². The Hall–Kier alpha value is -1.82. The SMILES string of the molecule is O=C(CNC(=O)c1cc(Cl)ccn1)OCc1ccc(Cl)cc1Cl. The number of pyridine rings is 1. The Labute approximate surface area is 147 Å². The number of nitrogens with zero attached hydrogens (tertiary/aromatic N) is 1. The van der Waals surface area contributed by atoms with Gasteiger partial charge in [-0.2, -0.15) is 0 Å². The second-order valence-corrected chi connectivity index (χ2v) is 5.72. The second kappa shape index (κ2) is 8.15. The molecule has 0 spiro atoms. The highest BCUT2D eigenvalue weighted by molar-refractivity contribution is 6.35. The minimum absolute atomic E-state index is 0.0138. The number of ether oxygens (including phenoxy) is 1. The van der Waals surface area contributed by atoms with Gasteiger partial charge in [0.25, 0.3) is 5.91 Å². The van der Waals surface area contributed by atoms with E-state index in [0.29, 0.717) is 20.6 Å². The highest BCUT2D eigenvalue weighted by Crippen LogP contribution is 2.21. The average Bonchev–Trinajstić information content (AvgIpc) is 2.51. The molecule has 2 aromatic rings. The molecule has 8 heteroatoms. The van der Waals surface area contributed by atoms with Crippen LogP contribution in [0, 0.1) is 0 Å². The quantitative estimate of drug-likeness (QED) is 0.814. The summed E-state index contributed by atoms with van der Waals surface area (Å²) in [5.74, 6) is -1.12. The largest absolute Gasteiger partial charge is 0.459 e. The lowest BCUT2D eigenvalue weighted by Crippen LogP contribution is -2.31. The van der Waals surface area contributed by atoms with Gasteiger partial charge in [-0.3, -0.25) is 14.6 Å². The first-order valence-electron chi connectivity index (χ1n) is 6.45. The molecule has 0 unspecified atom stereocenters. The molecule has 1 N–H and O–H groups in total. The molecule has 1 heterocycles. The fraction of sp³-hybridized carbons (Fsp3) is 0.133. The number of nitrogens with one attached hydrogen (secondary N) is 1. The Morgan fingerprint density at radius 3 is 2.52 bits per heavy atom. The van der Waals surface area contributed by atoms with Crippen molar-refractivity contribution in [3.63, 3.8) is 0 Å². The van der Waals surface area contributed by atoms with Crippen LogP contribution >= 0.6 is 34.8 Å². The highest BCUT2D eigenvalue weighted by atomic mass is 35.5. The number of halogens is 3. The third-order valence-electron chi connectivity index (χ3n) is 2.75. The summed E-state index contributed by atoms with van der Waals surface area (Å²) in [4.78, 5) is 27.3. The predicted octanol–water partition coefficient (Wildman–Crippen LogP) is 3.52. The van der Waals surface area contributed by atoms with E-state index < -0.39 is 11.9 Å². The van der Waals surface area contributed by atoms with Gasteiger partial charge >= 0.3 is 5.97 Å². The van der Waals surface area contributed by atoms with Crippen molar-refractivity contribution >= 4 is 46.7 Å². The number of hydrogen-bond acceptors (Lipinski definition) is 4. The molecule has 0 aliphatic rings. The number of carbonyl (C=O) groups is 2. The molecule has 5 nitrogen and oxygen atoms in total. The third-order valence-corrected chi connectivity index (χ3v) is 3.57. The minimum atomic E-state index is -0.605. The molecular weight excluding hydrogens is 363 g/mol. The summed E-state index contributed by atoms with van der Waals surface area (Å²) in [6, 6.07) is 7.80. The standard InChI is InChI=1S/C15H11Cl3N2O3/c16-10-2-1-9(12(18)5-10)8-23-14(21)7-20-15(22)13-6-11(17)3-4-19-13/h1-6H,7-8H2,(H,20,22). The van der Waals surface area contributed by atoms with E-state index in [4.69, 9.17) is 39.5 Å². The van der Waals surface area contributed by atoms with Crippen LogP contribution in [0.3, 0.4) is 0 Å². The van der Waals surface area contributed by atoms with Crippen LogP contribution in [0.1, 0.15) is 16.1 Å². The molecule has 23 heavy (non-hydrogen) atoms. The molecule has 0 saturated carbocycles. The number of amides is 1. The van der Waals surface area contributed by atoms with Gasteiger partial charge in [0, 0.05) is 26.8 Å². The monoisotopic (exact) mass is 372 g/mol. The first kappa shape index (κ1) is 17.5. The minimum Gasteiger partial charge on any atom is -0.459 e. The number of esters is 1. The molecule has 0 fully saturated rings. The van der Waals surface area contributed by atoms with Crippen LogP contribution in [-0.4, -0.2) is 23.4 Å². The van der Waals surface area contributed by atoms with Gasteiger partial charge in [0.05, 0.1) is 0 Å². The fourth-order valence-corrected chi connectivity index (χ4v) is 2.24. The molecule has 0 saturated heterocycles. The number of benzene rings is 1. The van der Waals surface area contributed by atoms with E-state index in [1.807, 2.05) is 0 Å². The first-order valence-corrected chi connectivity index (χ1v) is 7.58. The average molecular weight is 374 g/mol. The summed E-state index contributed by atoms with van der Waals surface area (Å²) in [6.45, 7) is -0.307. The lowest BCUT2D eigenvalue weighted by molar-refractivity contribution is -0.143. The van der Waals surface area contributed by atoms with Crippen LogP contribution in [0.25, 0.3) is 0 Å². The molecule has 0 aliphatic carbocycles. The molecular formula is C15H11Cl3N2O3. The molecule has 1 aromatic carbocycles. The summed E-state index contributed by atoms with van der Waals surface area (Å²) in [5, 5.41) is 3.67. The van der Waals surface area contributed by atoms with Crippen LogP contribution in [-0.2, 0) is 16.1 Å². The normalized spacial score (nSPS) is 10.2. The van der Waals surface area contributed by atoms with Crippen molar-refractivity contribution < 1.29 is 14.3 Å². The van der Waals surface area contributed by atoms with Crippen molar-refractivity contribution in [2.24, 2.45) is 0 Å². The van der Waals surface area contributed by atoms with Gasteiger partial charge in [-0.15, -0.1) is 0 Å². The molecule has 2 rings (SSSR count). The van der Waals surface area contributed by atoms with Gasteiger partial charge < -0.3 is 10.1 Å². The fourth-order valence-electron chi connectivity index (χ4n) is 1.62. The molecule has 0 aliphatic heterocycles. The van der Waals surface area contributed by atoms with Gasteiger partial charge in [-0.1, -0.05) is 40.9 Å². The zero-order valence-electron chi connectivity index (χ0n) is 11.7. The number of rotatable bonds is 5. The van der Waals surface area contributed by atoms with Crippen molar-refractivity contribution in [2.45, 2.75) is 6.61 Å². The van der Waals surface area contributed by atoms with Gasteiger partial charge in [0.15, 0.2) is 0 Å². The summed E-state index contributed by atoms with van der Waals surface area (Å²) in [6.07, 6.45) is 1.40. The number of aromatic nitrogens is 1. The Bertz CT molecular complexity index is 738. The Morgan fingerprint density at radius 2 is 1.83 bits per heavy atom. The van der Waals surface area contributed by atoms with Crippen molar-refractivity contribution in [1.29, 1.82) is 0 Å². The van der Waals surface area contributed by atoms with Crippen LogP contribution in [0.5, 0.6) is 0 Å². The Kier molecular flexibility index (Phi) is 6.21. The van der Waals surface area contributed by atoms with Crippen LogP contribution in [0.15, 0.2) is 36.5 Å². The van der Waals surface area contributed by atoms with Crippen molar-refractivity contribution in [2.75, 3.05) is 6.54 Å². The van der Waals surface area contributed by atoms with Crippen LogP contribution in [0.4, 0.5) is 0 Å². The second-order valence-electron chi connectivity index (χ2n) is 4.44. The van der Waals surface area contributed by atoms with Gasteiger partial charge in [0.1, 0.15) is 18.8 Å². The smallest absolute Gasteiger partial charge is 0.325 e. The summed E-state index contributed by atoms with van der Waals surface area (Å²) in [7, 11) is 0. The molecule has 1 amide bonds. The number of hydrogen-bond donors (Lipinski definition) is 1. The van der Waals surface area contributed by atoms with E-state index in [9.17, 15) is 9.59 Å². The first-order chi connectivity index (χ1) is 11.0. The summed E-state index contributed by atoms with van der Waals surface area (Å²) in [5.41, 5.74) is 0.735. The zero-order chi connectivity index (χ0) is 16.8. The maximum absolute atomic E-state index is 11.8. The Morgan fingerprint density at radius 1 is 1.09 bits per heavy atom. The maximum Gasteiger partial charge on any atom is 0.325 e. The van der Waals surface area contributed by atoms with Crippen molar-refractivity contribution in [3.05, 3.63) is 62.9 Å². The topological polar surface area (TPSA) is 68.3 Å². The van der Waals surface area contributed by atoms with Crippen molar-refractivity contribution in [3.8, 4) is 0 Å². The molecule has 0 radical (unpaired) electrons. The van der Waals surface area contributed by atoms with E-state index in [-0.39, 0.29) is 18.8 Å². The van der Waals surface area contributed by atoms with Crippen LogP contribution < -0.4 is 5.32 Å². The van der Waals surface area contributed by atoms with E-state index in [0.717, 1.165) is 0 Å². The van der Waals surface area contributed by atoms with E-state index in [2.05, 4.69) is 10.3 Å². The molecule has 0 bridgehead atoms. The molecule has 1 aromatic heterocycles. The predicted molar refractivity (Wildman–Crippen MR) is 87.8 cm³/mol. The lowest BCUT2D eigenvalue weighted by Gasteiger charge is -2.08. The summed E-state index contributed by atoms with van der Waals surface area (Å²) >= 11 is 17.5. The molecule has 120 valence electrons. The Balaban J connectivity index is 1.82. The lowest BCUT2D eigenvalue weighted by atomic mass is 10.2. The van der Waals surface area contributed by atoms with Crippen LogP contribution in [0.2, 0.25) is 15.1 Å². The summed E-state index contributed by atoms with van der Waals surface area (Å²) < 4.78 is 5.03. The maximum atomic E-state index is 11.8. The number of carbonyl (C=O) groups excluding carboxylic acids is 2. The van der Waals surface area contributed by atoms with Crippen molar-refractivity contribution in [1.82, 2.24) is 10.3 Å². The zero-order valence-corrected chi connectivity index (χ0v) is 14.0. The molecule has 0 atom stereocenters. The third kappa shape index (κ3) is 5.39. The van der Waals surface area contributed by atoms with Gasteiger partial charge in [-0.25, -0.2) is 0 Å². The van der Waals surface area contributed by atoms with Gasteiger partial charge in [0.2, 0.25) is 0 Å². The highest BCUT2D eigenvalue weighted by Gasteiger charge is 2.11. The van der Waals surface area contributed by atoms with Gasteiger partial charge in [-0.05, 0) is 24.3 Å². The van der Waals surface area contributed by atoms with E-state index in [1.54, 1.807) is 24.3 Å². The van der Waals surface area contributed by atoms with E-state index >= 15 is 0 Å².